The van der Waals surface area contributed by atoms with Crippen LogP contribution in [0.1, 0.15) is 47.5 Å². The molecule has 1 N–H and O–H groups in total. The van der Waals surface area contributed by atoms with Gasteiger partial charge in [-0.3, -0.25) is 10.1 Å². The van der Waals surface area contributed by atoms with Crippen molar-refractivity contribution >= 4 is 5.97 Å². The molecule has 1 rings (SSSR count). The smallest absolute Gasteiger partial charge is 0.326 e. The molecule has 1 aliphatic carbocycles. The number of rotatable bonds is 3. The van der Waals surface area contributed by atoms with Gasteiger partial charge in [0.2, 0.25) is 0 Å². The van der Waals surface area contributed by atoms with Crippen LogP contribution in [0.3, 0.4) is 0 Å². The third-order valence-corrected chi connectivity index (χ3v) is 2.10. The van der Waals surface area contributed by atoms with Crippen molar-refractivity contribution in [3.8, 4) is 0 Å². The van der Waals surface area contributed by atoms with Crippen LogP contribution in [0, 0.1) is 0 Å². The molecule has 0 unspecified atom stereocenters. The second-order valence-corrected chi connectivity index (χ2v) is 5.38. The lowest BCUT2D eigenvalue weighted by Crippen LogP contribution is -2.46. The van der Waals surface area contributed by atoms with Crippen LogP contribution in [-0.4, -0.2) is 23.2 Å². The first kappa shape index (κ1) is 11.5. The average molecular weight is 199 g/mol. The summed E-state index contributed by atoms with van der Waals surface area (Å²) in [5.74, 6) is -0.0984. The Balaban J connectivity index is 2.52. The van der Waals surface area contributed by atoms with Crippen LogP contribution in [0.25, 0.3) is 0 Å². The number of hydrogen-bond donors (Lipinski definition) is 1. The van der Waals surface area contributed by atoms with Crippen LogP contribution < -0.4 is 5.32 Å². The number of nitrogens with one attached hydrogen (secondary N) is 1. The molecule has 0 saturated heterocycles. The molecule has 14 heavy (non-hydrogen) atoms. The van der Waals surface area contributed by atoms with Crippen molar-refractivity contribution in [3.63, 3.8) is 0 Å². The maximum Gasteiger partial charge on any atom is 0.326 e. The van der Waals surface area contributed by atoms with Crippen molar-refractivity contribution in [1.82, 2.24) is 5.32 Å². The quantitative estimate of drug-likeness (QED) is 0.705. The van der Waals surface area contributed by atoms with Gasteiger partial charge in [-0.05, 0) is 47.5 Å². The van der Waals surface area contributed by atoms with Gasteiger partial charge in [0.15, 0.2) is 0 Å². The van der Waals surface area contributed by atoms with E-state index in [0.29, 0.717) is 6.04 Å². The van der Waals surface area contributed by atoms with Gasteiger partial charge in [0.05, 0.1) is 0 Å². The lowest BCUT2D eigenvalue weighted by Gasteiger charge is -2.25. The van der Waals surface area contributed by atoms with Crippen molar-refractivity contribution in [3.05, 3.63) is 0 Å². The molecule has 1 aliphatic rings. The maximum absolute atomic E-state index is 11.8. The maximum atomic E-state index is 11.8. The molecule has 1 fully saturated rings. The normalized spacial score (nSPS) is 19.6. The Bertz CT molecular complexity index is 224. The van der Waals surface area contributed by atoms with E-state index in [0.717, 1.165) is 12.8 Å². The number of ether oxygens (including phenoxy) is 1. The van der Waals surface area contributed by atoms with E-state index in [9.17, 15) is 4.79 Å². The summed E-state index contributed by atoms with van der Waals surface area (Å²) >= 11 is 0. The molecule has 0 bridgehead atoms. The highest BCUT2D eigenvalue weighted by atomic mass is 16.6. The first-order chi connectivity index (χ1) is 6.25. The standard InChI is InChI=1S/C11H21NO2/c1-8(2)12-11(6-7-11)9(13)14-10(3,4)5/h8,12H,6-7H2,1-5H3. The Morgan fingerprint density at radius 1 is 1.36 bits per heavy atom. The van der Waals surface area contributed by atoms with E-state index in [1.807, 2.05) is 34.6 Å². The van der Waals surface area contributed by atoms with Gasteiger partial charge < -0.3 is 4.74 Å². The van der Waals surface area contributed by atoms with Crippen LogP contribution in [0.15, 0.2) is 0 Å². The second kappa shape index (κ2) is 3.54. The van der Waals surface area contributed by atoms with Gasteiger partial charge in [-0.15, -0.1) is 0 Å². The Morgan fingerprint density at radius 2 is 1.86 bits per heavy atom. The first-order valence-electron chi connectivity index (χ1n) is 5.26. The fourth-order valence-corrected chi connectivity index (χ4v) is 1.46. The molecule has 3 heteroatoms. The van der Waals surface area contributed by atoms with Crippen LogP contribution in [0.5, 0.6) is 0 Å². The van der Waals surface area contributed by atoms with Crippen molar-refractivity contribution < 1.29 is 9.53 Å². The van der Waals surface area contributed by atoms with Crippen molar-refractivity contribution in [2.24, 2.45) is 0 Å². The first-order valence-corrected chi connectivity index (χ1v) is 5.26. The zero-order valence-corrected chi connectivity index (χ0v) is 9.81. The zero-order valence-electron chi connectivity index (χ0n) is 9.81. The van der Waals surface area contributed by atoms with Gasteiger partial charge in [-0.25, -0.2) is 0 Å². The lowest BCUT2D eigenvalue weighted by molar-refractivity contribution is -0.159. The minimum atomic E-state index is -0.384. The monoisotopic (exact) mass is 199 g/mol. The van der Waals surface area contributed by atoms with Gasteiger partial charge in [0.25, 0.3) is 0 Å². The number of hydrogen-bond acceptors (Lipinski definition) is 3. The lowest BCUT2D eigenvalue weighted by atomic mass is 10.1. The number of esters is 1. The topological polar surface area (TPSA) is 38.3 Å². The summed E-state index contributed by atoms with van der Waals surface area (Å²) in [7, 11) is 0. The predicted molar refractivity (Wildman–Crippen MR) is 56.1 cm³/mol. The van der Waals surface area contributed by atoms with E-state index in [2.05, 4.69) is 5.32 Å². The highest BCUT2D eigenvalue weighted by Crippen LogP contribution is 2.38. The molecule has 0 aliphatic heterocycles. The Labute approximate surface area is 86.2 Å². The average Bonchev–Trinajstić information content (AvgIpc) is 2.63. The Hall–Kier alpha value is -0.570. The summed E-state index contributed by atoms with van der Waals surface area (Å²) in [6, 6.07) is 0.324. The molecule has 0 aromatic heterocycles. The van der Waals surface area contributed by atoms with E-state index in [1.165, 1.54) is 0 Å². The van der Waals surface area contributed by atoms with Gasteiger partial charge in [-0.1, -0.05) is 0 Å². The number of carbonyl (C=O) groups excluding carboxylic acids is 1. The second-order valence-electron chi connectivity index (χ2n) is 5.38. The minimum absolute atomic E-state index is 0.0984. The largest absolute Gasteiger partial charge is 0.459 e. The molecule has 0 amide bonds. The molecule has 0 spiro atoms. The van der Waals surface area contributed by atoms with Gasteiger partial charge in [0, 0.05) is 6.04 Å². The van der Waals surface area contributed by atoms with Crippen LogP contribution >= 0.6 is 0 Å². The van der Waals surface area contributed by atoms with Crippen molar-refractivity contribution in [2.45, 2.75) is 64.6 Å². The number of carbonyl (C=O) groups is 1. The van der Waals surface area contributed by atoms with Crippen LogP contribution in [0.4, 0.5) is 0 Å². The molecule has 1 saturated carbocycles. The van der Waals surface area contributed by atoms with Gasteiger partial charge in [0.1, 0.15) is 11.1 Å². The molecular formula is C11H21NO2. The summed E-state index contributed by atoms with van der Waals surface area (Å²) in [5.41, 5.74) is -0.757. The summed E-state index contributed by atoms with van der Waals surface area (Å²) < 4.78 is 5.36. The van der Waals surface area contributed by atoms with Crippen molar-refractivity contribution in [2.75, 3.05) is 0 Å². The Morgan fingerprint density at radius 3 is 2.14 bits per heavy atom. The van der Waals surface area contributed by atoms with Crippen molar-refractivity contribution in [1.29, 1.82) is 0 Å². The van der Waals surface area contributed by atoms with Crippen LogP contribution in [0.2, 0.25) is 0 Å². The van der Waals surface area contributed by atoms with E-state index in [1.54, 1.807) is 0 Å². The predicted octanol–water partition coefficient (Wildman–Crippen LogP) is 1.86. The third-order valence-electron chi connectivity index (χ3n) is 2.10. The summed E-state index contributed by atoms with van der Waals surface area (Å²) in [6.45, 7) is 9.79. The molecule has 0 aromatic rings. The molecule has 0 radical (unpaired) electrons. The molecule has 82 valence electrons. The van der Waals surface area contributed by atoms with Crippen LogP contribution in [-0.2, 0) is 9.53 Å². The summed E-state index contributed by atoms with van der Waals surface area (Å²) in [5, 5.41) is 3.28. The fourth-order valence-electron chi connectivity index (χ4n) is 1.46. The molecule has 0 atom stereocenters. The Kier molecular flexibility index (Phi) is 2.91. The third kappa shape index (κ3) is 2.98. The molecule has 3 nitrogen and oxygen atoms in total. The molecule has 0 heterocycles. The molecular weight excluding hydrogens is 178 g/mol. The van der Waals surface area contributed by atoms with E-state index in [4.69, 9.17) is 4.74 Å². The summed E-state index contributed by atoms with van der Waals surface area (Å²) in [6.07, 6.45) is 1.81. The summed E-state index contributed by atoms with van der Waals surface area (Å²) in [4.78, 5) is 11.8. The van der Waals surface area contributed by atoms with Gasteiger partial charge >= 0.3 is 5.97 Å². The van der Waals surface area contributed by atoms with Gasteiger partial charge in [-0.2, -0.15) is 0 Å². The highest BCUT2D eigenvalue weighted by molar-refractivity contribution is 5.84. The van der Waals surface area contributed by atoms with E-state index < -0.39 is 0 Å². The fraction of sp³-hybridized carbons (Fsp3) is 0.909. The van der Waals surface area contributed by atoms with E-state index >= 15 is 0 Å². The highest BCUT2D eigenvalue weighted by Gasteiger charge is 2.52. The van der Waals surface area contributed by atoms with E-state index in [-0.39, 0.29) is 17.1 Å². The SMILES string of the molecule is CC(C)NC1(C(=O)OC(C)(C)C)CC1. The molecule has 0 aromatic carbocycles. The minimum Gasteiger partial charge on any atom is -0.459 e. The zero-order chi connectivity index (χ0) is 11.0.